The fourth-order valence-corrected chi connectivity index (χ4v) is 3.72. The van der Waals surface area contributed by atoms with Gasteiger partial charge in [0.1, 0.15) is 0 Å². The molecule has 1 heteroatoms. The first-order valence-corrected chi connectivity index (χ1v) is 7.92. The van der Waals surface area contributed by atoms with E-state index in [0.717, 1.165) is 5.92 Å². The van der Waals surface area contributed by atoms with E-state index in [1.807, 2.05) is 0 Å². The second-order valence-corrected chi connectivity index (χ2v) is 6.47. The van der Waals surface area contributed by atoms with Crippen molar-refractivity contribution in [3.8, 4) is 0 Å². The van der Waals surface area contributed by atoms with Crippen molar-refractivity contribution < 1.29 is 0 Å². The van der Waals surface area contributed by atoms with E-state index in [1.165, 1.54) is 49.7 Å². The molecular formula is C18H29N. The molecule has 1 fully saturated rings. The maximum Gasteiger partial charge on any atom is 0.00705 e. The largest absolute Gasteiger partial charge is 0.327 e. The zero-order chi connectivity index (χ0) is 13.8. The van der Waals surface area contributed by atoms with E-state index in [1.54, 1.807) is 5.56 Å². The number of hydrogen-bond donors (Lipinski definition) is 1. The van der Waals surface area contributed by atoms with Crippen LogP contribution >= 0.6 is 0 Å². The van der Waals surface area contributed by atoms with Gasteiger partial charge in [0, 0.05) is 6.04 Å². The molecule has 1 aliphatic carbocycles. The Kier molecular flexibility index (Phi) is 5.04. The smallest absolute Gasteiger partial charge is 0.00705 e. The first kappa shape index (κ1) is 14.6. The lowest BCUT2D eigenvalue weighted by Crippen LogP contribution is -2.37. The summed E-state index contributed by atoms with van der Waals surface area (Å²) in [5.41, 5.74) is 10.8. The summed E-state index contributed by atoms with van der Waals surface area (Å²) in [7, 11) is 0. The number of benzene rings is 1. The van der Waals surface area contributed by atoms with Crippen molar-refractivity contribution in [2.24, 2.45) is 17.6 Å². The van der Waals surface area contributed by atoms with Crippen LogP contribution in [0.25, 0.3) is 0 Å². The molecule has 0 aliphatic heterocycles. The highest BCUT2D eigenvalue weighted by molar-refractivity contribution is 5.34. The minimum Gasteiger partial charge on any atom is -0.327 e. The van der Waals surface area contributed by atoms with E-state index < -0.39 is 0 Å². The molecule has 1 saturated carbocycles. The van der Waals surface area contributed by atoms with Crippen LogP contribution in [0.15, 0.2) is 18.2 Å². The predicted molar refractivity (Wildman–Crippen MR) is 83.3 cm³/mol. The molecule has 0 heterocycles. The number of rotatable bonds is 4. The molecule has 0 amide bonds. The van der Waals surface area contributed by atoms with Crippen molar-refractivity contribution in [1.82, 2.24) is 0 Å². The molecule has 19 heavy (non-hydrogen) atoms. The Bertz CT molecular complexity index is 390. The van der Waals surface area contributed by atoms with Gasteiger partial charge in [0.2, 0.25) is 0 Å². The standard InChI is InChI=1S/C18H29N/c1-4-6-15-9-10-18(19)16(11-15)12-17-13(2)7-5-8-14(17)3/h5,7-8,15-16,18H,4,6,9-12,19H2,1-3H3. The van der Waals surface area contributed by atoms with Crippen LogP contribution in [-0.2, 0) is 6.42 Å². The Hall–Kier alpha value is -0.820. The highest BCUT2D eigenvalue weighted by Gasteiger charge is 2.28. The van der Waals surface area contributed by atoms with Gasteiger partial charge in [-0.25, -0.2) is 0 Å². The van der Waals surface area contributed by atoms with Crippen molar-refractivity contribution in [1.29, 1.82) is 0 Å². The molecular weight excluding hydrogens is 230 g/mol. The molecule has 0 bridgehead atoms. The van der Waals surface area contributed by atoms with Crippen molar-refractivity contribution in [3.63, 3.8) is 0 Å². The van der Waals surface area contributed by atoms with Gasteiger partial charge in [-0.05, 0) is 68.1 Å². The molecule has 1 aliphatic rings. The molecule has 106 valence electrons. The summed E-state index contributed by atoms with van der Waals surface area (Å²) in [5.74, 6) is 1.60. The molecule has 2 N–H and O–H groups in total. The minimum atomic E-state index is 0.409. The van der Waals surface area contributed by atoms with Crippen LogP contribution in [0.2, 0.25) is 0 Å². The van der Waals surface area contributed by atoms with Gasteiger partial charge in [0.25, 0.3) is 0 Å². The molecule has 2 rings (SSSR count). The number of aryl methyl sites for hydroxylation is 2. The van der Waals surface area contributed by atoms with Crippen molar-refractivity contribution >= 4 is 0 Å². The molecule has 3 atom stereocenters. The van der Waals surface area contributed by atoms with Gasteiger partial charge >= 0.3 is 0 Å². The summed E-state index contributed by atoms with van der Waals surface area (Å²) >= 11 is 0. The van der Waals surface area contributed by atoms with Crippen LogP contribution in [0, 0.1) is 25.7 Å². The zero-order valence-corrected chi connectivity index (χ0v) is 12.8. The van der Waals surface area contributed by atoms with Crippen LogP contribution in [0.4, 0.5) is 0 Å². The molecule has 3 unspecified atom stereocenters. The quantitative estimate of drug-likeness (QED) is 0.852. The minimum absolute atomic E-state index is 0.409. The zero-order valence-electron chi connectivity index (χ0n) is 12.8. The van der Waals surface area contributed by atoms with E-state index in [2.05, 4.69) is 39.0 Å². The van der Waals surface area contributed by atoms with Gasteiger partial charge < -0.3 is 5.73 Å². The summed E-state index contributed by atoms with van der Waals surface area (Å²) in [6.45, 7) is 6.77. The first-order valence-electron chi connectivity index (χ1n) is 7.92. The van der Waals surface area contributed by atoms with Crippen molar-refractivity contribution in [3.05, 3.63) is 34.9 Å². The topological polar surface area (TPSA) is 26.0 Å². The number of nitrogens with two attached hydrogens (primary N) is 1. The van der Waals surface area contributed by atoms with Crippen LogP contribution < -0.4 is 5.73 Å². The second-order valence-electron chi connectivity index (χ2n) is 6.47. The Labute approximate surface area is 118 Å². The Morgan fingerprint density at radius 1 is 1.16 bits per heavy atom. The van der Waals surface area contributed by atoms with E-state index in [-0.39, 0.29) is 0 Å². The van der Waals surface area contributed by atoms with Crippen LogP contribution in [-0.4, -0.2) is 6.04 Å². The average molecular weight is 259 g/mol. The van der Waals surface area contributed by atoms with Gasteiger partial charge in [0.05, 0.1) is 0 Å². The van der Waals surface area contributed by atoms with Crippen LogP contribution in [0.3, 0.4) is 0 Å². The first-order chi connectivity index (χ1) is 9.11. The van der Waals surface area contributed by atoms with E-state index in [4.69, 9.17) is 5.73 Å². The number of hydrogen-bond acceptors (Lipinski definition) is 1. The normalized spacial score (nSPS) is 27.5. The van der Waals surface area contributed by atoms with Gasteiger partial charge in [-0.15, -0.1) is 0 Å². The highest BCUT2D eigenvalue weighted by Crippen LogP contribution is 2.34. The Morgan fingerprint density at radius 3 is 2.47 bits per heavy atom. The molecule has 0 radical (unpaired) electrons. The molecule has 1 aromatic carbocycles. The monoisotopic (exact) mass is 259 g/mol. The second kappa shape index (κ2) is 6.56. The van der Waals surface area contributed by atoms with Gasteiger partial charge in [0.15, 0.2) is 0 Å². The van der Waals surface area contributed by atoms with Crippen molar-refractivity contribution in [2.75, 3.05) is 0 Å². The lowest BCUT2D eigenvalue weighted by Gasteiger charge is -2.35. The lowest BCUT2D eigenvalue weighted by atomic mass is 9.73. The van der Waals surface area contributed by atoms with Crippen molar-refractivity contribution in [2.45, 2.75) is 65.3 Å². The Morgan fingerprint density at radius 2 is 1.84 bits per heavy atom. The average Bonchev–Trinajstić information content (AvgIpc) is 2.38. The summed E-state index contributed by atoms with van der Waals surface area (Å²) < 4.78 is 0. The Balaban J connectivity index is 2.08. The van der Waals surface area contributed by atoms with Gasteiger partial charge in [-0.2, -0.15) is 0 Å². The summed E-state index contributed by atoms with van der Waals surface area (Å²) in [6, 6.07) is 7.04. The molecule has 1 aromatic rings. The third kappa shape index (κ3) is 3.60. The van der Waals surface area contributed by atoms with E-state index in [0.29, 0.717) is 12.0 Å². The van der Waals surface area contributed by atoms with Crippen LogP contribution in [0.5, 0.6) is 0 Å². The van der Waals surface area contributed by atoms with Crippen LogP contribution in [0.1, 0.15) is 55.7 Å². The predicted octanol–water partition coefficient (Wildman–Crippen LogP) is 4.39. The SMILES string of the molecule is CCCC1CCC(N)C(Cc2c(C)cccc2C)C1. The van der Waals surface area contributed by atoms with Gasteiger partial charge in [-0.1, -0.05) is 38.0 Å². The fraction of sp³-hybridized carbons (Fsp3) is 0.667. The maximum absolute atomic E-state index is 6.39. The summed E-state index contributed by atoms with van der Waals surface area (Å²) in [5, 5.41) is 0. The fourth-order valence-electron chi connectivity index (χ4n) is 3.72. The third-order valence-electron chi connectivity index (χ3n) is 4.96. The summed E-state index contributed by atoms with van der Waals surface area (Å²) in [4.78, 5) is 0. The molecule has 0 aromatic heterocycles. The van der Waals surface area contributed by atoms with E-state index >= 15 is 0 Å². The van der Waals surface area contributed by atoms with Gasteiger partial charge in [-0.3, -0.25) is 0 Å². The van der Waals surface area contributed by atoms with E-state index in [9.17, 15) is 0 Å². The lowest BCUT2D eigenvalue weighted by molar-refractivity contribution is 0.221. The summed E-state index contributed by atoms with van der Waals surface area (Å²) in [6.07, 6.45) is 7.78. The third-order valence-corrected chi connectivity index (χ3v) is 4.96. The molecule has 1 nitrogen and oxygen atoms in total. The molecule has 0 saturated heterocycles. The highest BCUT2D eigenvalue weighted by atomic mass is 14.7. The molecule has 0 spiro atoms. The maximum atomic E-state index is 6.39.